The molecular weight excluding hydrogens is 258 g/mol. The topological polar surface area (TPSA) is 21.3 Å². The molecule has 0 aromatic heterocycles. The van der Waals surface area contributed by atoms with Gasteiger partial charge in [0.25, 0.3) is 0 Å². The van der Waals surface area contributed by atoms with Crippen molar-refractivity contribution in [3.05, 3.63) is 29.8 Å². The third-order valence-corrected chi connectivity index (χ3v) is 4.88. The molecule has 2 nitrogen and oxygen atoms in total. The fraction of sp³-hybridized carbons (Fsp3) is 0.684. The van der Waals surface area contributed by atoms with E-state index in [-0.39, 0.29) is 0 Å². The molecule has 1 fully saturated rings. The van der Waals surface area contributed by atoms with Gasteiger partial charge in [-0.25, -0.2) is 0 Å². The number of hydrogen-bond donors (Lipinski definition) is 1. The Morgan fingerprint density at radius 1 is 1.19 bits per heavy atom. The molecule has 2 rings (SSSR count). The Hall–Kier alpha value is -1.02. The molecule has 0 aliphatic heterocycles. The highest BCUT2D eigenvalue weighted by Crippen LogP contribution is 2.42. The Kier molecular flexibility index (Phi) is 5.69. The second-order valence-corrected chi connectivity index (χ2v) is 7.19. The predicted molar refractivity (Wildman–Crippen MR) is 89.8 cm³/mol. The monoisotopic (exact) mass is 289 g/mol. The maximum Gasteiger partial charge on any atom is 0.119 e. The van der Waals surface area contributed by atoms with Gasteiger partial charge in [0, 0.05) is 6.04 Å². The minimum absolute atomic E-state index is 0.473. The van der Waals surface area contributed by atoms with E-state index >= 15 is 0 Å². The SMILES string of the molecule is CCCOc1ccc(C(NC)C2CCC(C)(C)CC2)cc1. The molecule has 0 bridgehead atoms. The number of rotatable bonds is 6. The molecule has 1 aromatic rings. The van der Waals surface area contributed by atoms with E-state index in [1.807, 2.05) is 0 Å². The van der Waals surface area contributed by atoms with Crippen LogP contribution in [0.3, 0.4) is 0 Å². The van der Waals surface area contributed by atoms with Gasteiger partial charge >= 0.3 is 0 Å². The van der Waals surface area contributed by atoms with E-state index < -0.39 is 0 Å². The van der Waals surface area contributed by atoms with Crippen molar-refractivity contribution in [3.63, 3.8) is 0 Å². The molecule has 0 radical (unpaired) electrons. The van der Waals surface area contributed by atoms with Gasteiger partial charge in [-0.05, 0) is 68.2 Å². The van der Waals surface area contributed by atoms with Crippen molar-refractivity contribution >= 4 is 0 Å². The largest absolute Gasteiger partial charge is 0.494 e. The van der Waals surface area contributed by atoms with Gasteiger partial charge in [-0.15, -0.1) is 0 Å². The standard InChI is InChI=1S/C19H31NO/c1-5-14-21-17-8-6-15(7-9-17)18(20-4)16-10-12-19(2,3)13-11-16/h6-9,16,18,20H,5,10-14H2,1-4H3. The Bertz CT molecular complexity index is 414. The zero-order chi connectivity index (χ0) is 15.3. The highest BCUT2D eigenvalue weighted by atomic mass is 16.5. The number of benzene rings is 1. The molecular formula is C19H31NO. The quantitative estimate of drug-likeness (QED) is 0.800. The fourth-order valence-corrected chi connectivity index (χ4v) is 3.42. The number of hydrogen-bond acceptors (Lipinski definition) is 2. The van der Waals surface area contributed by atoms with Crippen molar-refractivity contribution in [3.8, 4) is 5.75 Å². The van der Waals surface area contributed by atoms with Gasteiger partial charge < -0.3 is 10.1 Å². The maximum absolute atomic E-state index is 5.68. The summed E-state index contributed by atoms with van der Waals surface area (Å²) >= 11 is 0. The molecule has 1 atom stereocenters. The summed E-state index contributed by atoms with van der Waals surface area (Å²) in [6, 6.07) is 9.16. The van der Waals surface area contributed by atoms with Crippen molar-refractivity contribution in [2.45, 2.75) is 58.9 Å². The van der Waals surface area contributed by atoms with Crippen LogP contribution in [0, 0.1) is 11.3 Å². The Labute approximate surface area is 130 Å². The molecule has 118 valence electrons. The first-order valence-corrected chi connectivity index (χ1v) is 8.46. The molecule has 0 spiro atoms. The first kappa shape index (κ1) is 16.4. The first-order valence-electron chi connectivity index (χ1n) is 8.46. The van der Waals surface area contributed by atoms with Crippen LogP contribution < -0.4 is 10.1 Å². The van der Waals surface area contributed by atoms with Crippen LogP contribution in [0.25, 0.3) is 0 Å². The molecule has 1 aliphatic carbocycles. The van der Waals surface area contributed by atoms with Gasteiger partial charge in [0.1, 0.15) is 5.75 Å². The fourth-order valence-electron chi connectivity index (χ4n) is 3.42. The molecule has 0 heterocycles. The summed E-state index contributed by atoms with van der Waals surface area (Å²) in [5.41, 5.74) is 1.93. The summed E-state index contributed by atoms with van der Waals surface area (Å²) in [5, 5.41) is 3.54. The highest BCUT2D eigenvalue weighted by Gasteiger charge is 2.31. The molecule has 1 unspecified atom stereocenters. The molecule has 1 aliphatic rings. The highest BCUT2D eigenvalue weighted by molar-refractivity contribution is 5.29. The maximum atomic E-state index is 5.68. The summed E-state index contributed by atoms with van der Waals surface area (Å²) in [7, 11) is 2.09. The van der Waals surface area contributed by atoms with E-state index in [4.69, 9.17) is 4.74 Å². The average molecular weight is 289 g/mol. The van der Waals surface area contributed by atoms with Crippen LogP contribution in [0.4, 0.5) is 0 Å². The van der Waals surface area contributed by atoms with Gasteiger partial charge in [-0.3, -0.25) is 0 Å². The Balaban J connectivity index is 2.00. The van der Waals surface area contributed by atoms with E-state index in [9.17, 15) is 0 Å². The molecule has 0 saturated heterocycles. The minimum atomic E-state index is 0.473. The number of ether oxygens (including phenoxy) is 1. The van der Waals surface area contributed by atoms with E-state index in [1.54, 1.807) is 0 Å². The Morgan fingerprint density at radius 3 is 2.33 bits per heavy atom. The molecule has 0 amide bonds. The lowest BCUT2D eigenvalue weighted by molar-refractivity contribution is 0.164. The average Bonchev–Trinajstić information content (AvgIpc) is 2.48. The van der Waals surface area contributed by atoms with Crippen LogP contribution in [0.5, 0.6) is 5.75 Å². The number of nitrogens with one attached hydrogen (secondary N) is 1. The Morgan fingerprint density at radius 2 is 1.81 bits per heavy atom. The van der Waals surface area contributed by atoms with Crippen molar-refractivity contribution in [2.75, 3.05) is 13.7 Å². The van der Waals surface area contributed by atoms with E-state index in [0.717, 1.165) is 24.7 Å². The van der Waals surface area contributed by atoms with Crippen LogP contribution in [-0.2, 0) is 0 Å². The summed E-state index contributed by atoms with van der Waals surface area (Å²) in [6.45, 7) is 7.73. The molecule has 1 N–H and O–H groups in total. The van der Waals surface area contributed by atoms with E-state index in [1.165, 1.54) is 31.2 Å². The minimum Gasteiger partial charge on any atom is -0.494 e. The molecule has 1 saturated carbocycles. The zero-order valence-corrected chi connectivity index (χ0v) is 14.1. The van der Waals surface area contributed by atoms with Gasteiger partial charge in [-0.1, -0.05) is 32.9 Å². The molecule has 21 heavy (non-hydrogen) atoms. The van der Waals surface area contributed by atoms with Crippen LogP contribution in [0.15, 0.2) is 24.3 Å². The first-order chi connectivity index (χ1) is 10.1. The van der Waals surface area contributed by atoms with Crippen LogP contribution in [-0.4, -0.2) is 13.7 Å². The van der Waals surface area contributed by atoms with Gasteiger partial charge in [0.2, 0.25) is 0 Å². The zero-order valence-electron chi connectivity index (χ0n) is 14.1. The smallest absolute Gasteiger partial charge is 0.119 e. The summed E-state index contributed by atoms with van der Waals surface area (Å²) in [5.74, 6) is 1.74. The summed E-state index contributed by atoms with van der Waals surface area (Å²) in [4.78, 5) is 0. The summed E-state index contributed by atoms with van der Waals surface area (Å²) in [6.07, 6.45) is 6.39. The normalized spacial score (nSPS) is 20.2. The lowest BCUT2D eigenvalue weighted by Gasteiger charge is -2.38. The predicted octanol–water partition coefficient (Wildman–Crippen LogP) is 4.95. The van der Waals surface area contributed by atoms with Gasteiger partial charge in [0.05, 0.1) is 6.61 Å². The second-order valence-electron chi connectivity index (χ2n) is 7.19. The van der Waals surface area contributed by atoms with Crippen molar-refractivity contribution in [2.24, 2.45) is 11.3 Å². The third kappa shape index (κ3) is 4.47. The molecule has 1 aromatic carbocycles. The van der Waals surface area contributed by atoms with Crippen molar-refractivity contribution in [1.29, 1.82) is 0 Å². The van der Waals surface area contributed by atoms with Gasteiger partial charge in [0.15, 0.2) is 0 Å². The third-order valence-electron chi connectivity index (χ3n) is 4.88. The lowest BCUT2D eigenvalue weighted by Crippen LogP contribution is -2.31. The van der Waals surface area contributed by atoms with E-state index in [0.29, 0.717) is 11.5 Å². The van der Waals surface area contributed by atoms with Crippen LogP contribution in [0.1, 0.15) is 64.5 Å². The summed E-state index contributed by atoms with van der Waals surface area (Å²) < 4.78 is 5.68. The van der Waals surface area contributed by atoms with Gasteiger partial charge in [-0.2, -0.15) is 0 Å². The van der Waals surface area contributed by atoms with Crippen LogP contribution in [0.2, 0.25) is 0 Å². The lowest BCUT2D eigenvalue weighted by atomic mass is 9.70. The van der Waals surface area contributed by atoms with Crippen molar-refractivity contribution < 1.29 is 4.74 Å². The molecule has 2 heteroatoms. The van der Waals surface area contributed by atoms with Crippen LogP contribution >= 0.6 is 0 Å². The van der Waals surface area contributed by atoms with Crippen molar-refractivity contribution in [1.82, 2.24) is 5.32 Å². The van der Waals surface area contributed by atoms with E-state index in [2.05, 4.69) is 57.4 Å². The second kappa shape index (κ2) is 7.31.